The van der Waals surface area contributed by atoms with Crippen LogP contribution in [-0.4, -0.2) is 15.9 Å². The first-order valence-electron chi connectivity index (χ1n) is 9.43. The molecule has 1 N–H and O–H groups in total. The quantitative estimate of drug-likeness (QED) is 0.568. The van der Waals surface area contributed by atoms with Gasteiger partial charge < -0.3 is 9.88 Å². The summed E-state index contributed by atoms with van der Waals surface area (Å²) in [5.41, 5.74) is 4.16. The van der Waals surface area contributed by atoms with Gasteiger partial charge in [0.15, 0.2) is 0 Å². The molecule has 0 aliphatic carbocycles. The van der Waals surface area contributed by atoms with E-state index in [-0.39, 0.29) is 17.0 Å². The lowest BCUT2D eigenvalue weighted by molar-refractivity contribution is 0.0984. The Morgan fingerprint density at radius 2 is 1.83 bits per heavy atom. The lowest BCUT2D eigenvalue weighted by atomic mass is 10.0. The fourth-order valence-corrected chi connectivity index (χ4v) is 3.55. The average Bonchev–Trinajstić information content (AvgIpc) is 2.73. The highest BCUT2D eigenvalue weighted by Crippen LogP contribution is 2.22. The van der Waals surface area contributed by atoms with Gasteiger partial charge in [-0.25, -0.2) is 0 Å². The molecule has 0 saturated carbocycles. The molecule has 2 aromatic carbocycles. The molecule has 2 heterocycles. The number of anilines is 1. The van der Waals surface area contributed by atoms with Crippen molar-refractivity contribution >= 4 is 22.5 Å². The molecule has 4 aromatic rings. The molecule has 0 spiro atoms. The topological polar surface area (TPSA) is 66.1 Å². The van der Waals surface area contributed by atoms with Crippen LogP contribution >= 0.6 is 0 Å². The van der Waals surface area contributed by atoms with E-state index in [0.29, 0.717) is 6.54 Å². The molecule has 0 fully saturated rings. The lowest BCUT2D eigenvalue weighted by Crippen LogP contribution is -2.34. The molecule has 0 aliphatic heterocycles. The number of para-hydroxylation sites is 1. The fraction of sp³-hybridized carbons (Fsp3) is 0.125. The van der Waals surface area contributed by atoms with Crippen molar-refractivity contribution < 1.29 is 4.79 Å². The highest BCUT2D eigenvalue weighted by Gasteiger charge is 2.22. The Kier molecular flexibility index (Phi) is 4.96. The van der Waals surface area contributed by atoms with Crippen molar-refractivity contribution in [1.29, 1.82) is 0 Å². The summed E-state index contributed by atoms with van der Waals surface area (Å²) in [5, 5.41) is 0.847. The average molecular weight is 383 g/mol. The minimum absolute atomic E-state index is 0.121. The van der Waals surface area contributed by atoms with E-state index >= 15 is 0 Å². The first-order valence-corrected chi connectivity index (χ1v) is 9.43. The third-order valence-corrected chi connectivity index (χ3v) is 4.90. The number of aromatic amines is 1. The summed E-state index contributed by atoms with van der Waals surface area (Å²) in [7, 11) is 0. The molecule has 0 saturated heterocycles. The molecule has 1 amide bonds. The number of fused-ring (bicyclic) bond motifs is 1. The van der Waals surface area contributed by atoms with E-state index in [1.807, 2.05) is 68.4 Å². The molecule has 29 heavy (non-hydrogen) atoms. The maximum atomic E-state index is 13.5. The van der Waals surface area contributed by atoms with Crippen LogP contribution in [0.15, 0.2) is 77.9 Å². The Balaban J connectivity index is 1.82. The van der Waals surface area contributed by atoms with Crippen LogP contribution in [0.2, 0.25) is 0 Å². The number of nitrogens with zero attached hydrogens (tertiary/aromatic N) is 2. The second-order valence-electron chi connectivity index (χ2n) is 7.15. The molecule has 0 unspecified atom stereocenters. The van der Waals surface area contributed by atoms with Crippen molar-refractivity contribution in [3.63, 3.8) is 0 Å². The second kappa shape index (κ2) is 7.72. The van der Waals surface area contributed by atoms with Crippen molar-refractivity contribution in [3.05, 3.63) is 106 Å². The molecular weight excluding hydrogens is 362 g/mol. The van der Waals surface area contributed by atoms with Gasteiger partial charge in [0, 0.05) is 18.1 Å². The Morgan fingerprint density at radius 3 is 2.55 bits per heavy atom. The Morgan fingerprint density at radius 1 is 1.03 bits per heavy atom. The first kappa shape index (κ1) is 18.6. The van der Waals surface area contributed by atoms with E-state index in [1.165, 1.54) is 0 Å². The summed E-state index contributed by atoms with van der Waals surface area (Å²) in [5.74, 6) is -0.345. The maximum absolute atomic E-state index is 13.5. The number of nitrogens with one attached hydrogen (secondary N) is 1. The van der Waals surface area contributed by atoms with Gasteiger partial charge in [-0.05, 0) is 60.7 Å². The number of aryl methyl sites for hydroxylation is 2. The third-order valence-electron chi connectivity index (χ3n) is 4.90. The van der Waals surface area contributed by atoms with Crippen molar-refractivity contribution in [2.24, 2.45) is 0 Å². The van der Waals surface area contributed by atoms with Gasteiger partial charge in [0.1, 0.15) is 5.56 Å². The lowest BCUT2D eigenvalue weighted by Gasteiger charge is -2.23. The molecular formula is C24H21N3O2. The predicted molar refractivity (Wildman–Crippen MR) is 115 cm³/mol. The molecule has 4 rings (SSSR count). The van der Waals surface area contributed by atoms with Crippen LogP contribution in [0, 0.1) is 13.8 Å². The summed E-state index contributed by atoms with van der Waals surface area (Å²) in [6.07, 6.45) is 3.41. The zero-order chi connectivity index (χ0) is 20.4. The first-order chi connectivity index (χ1) is 14.0. The minimum Gasteiger partial charge on any atom is -0.321 e. The summed E-state index contributed by atoms with van der Waals surface area (Å²) in [6.45, 7) is 4.27. The van der Waals surface area contributed by atoms with Crippen molar-refractivity contribution in [3.8, 4) is 0 Å². The normalized spacial score (nSPS) is 10.8. The molecule has 144 valence electrons. The zero-order valence-electron chi connectivity index (χ0n) is 16.3. The molecule has 0 bridgehead atoms. The highest BCUT2D eigenvalue weighted by molar-refractivity contribution is 6.07. The number of amides is 1. The number of H-pyrrole nitrogens is 1. The van der Waals surface area contributed by atoms with Crippen LogP contribution in [0.3, 0.4) is 0 Å². The van der Waals surface area contributed by atoms with Gasteiger partial charge in [0.25, 0.3) is 11.5 Å². The summed E-state index contributed by atoms with van der Waals surface area (Å²) >= 11 is 0. The van der Waals surface area contributed by atoms with Crippen LogP contribution in [-0.2, 0) is 6.54 Å². The number of hydrogen-bond donors (Lipinski definition) is 1. The van der Waals surface area contributed by atoms with Gasteiger partial charge in [-0.3, -0.25) is 14.6 Å². The van der Waals surface area contributed by atoms with E-state index in [2.05, 4.69) is 9.97 Å². The second-order valence-corrected chi connectivity index (χ2v) is 7.15. The van der Waals surface area contributed by atoms with Crippen LogP contribution in [0.5, 0.6) is 0 Å². The molecule has 0 atom stereocenters. The molecule has 2 aromatic heterocycles. The van der Waals surface area contributed by atoms with Gasteiger partial charge in [-0.1, -0.05) is 35.9 Å². The third kappa shape index (κ3) is 3.80. The summed E-state index contributed by atoms with van der Waals surface area (Å²) in [4.78, 5) is 34.9. The maximum Gasteiger partial charge on any atom is 0.264 e. The SMILES string of the molecule is Cc1cc(C)c2[nH]c(=O)c(C(=O)N(Cc3cccnc3)c3ccccc3)cc2c1. The Labute approximate surface area is 168 Å². The van der Waals surface area contributed by atoms with Crippen molar-refractivity contribution in [2.45, 2.75) is 20.4 Å². The zero-order valence-corrected chi connectivity index (χ0v) is 16.3. The fourth-order valence-electron chi connectivity index (χ4n) is 3.55. The number of benzene rings is 2. The number of aromatic nitrogens is 2. The van der Waals surface area contributed by atoms with Gasteiger partial charge in [0.05, 0.1) is 12.1 Å². The van der Waals surface area contributed by atoms with Crippen molar-refractivity contribution in [1.82, 2.24) is 9.97 Å². The highest BCUT2D eigenvalue weighted by atomic mass is 16.2. The standard InChI is InChI=1S/C24H21N3O2/c1-16-11-17(2)22-19(12-16)13-21(23(28)26-22)24(29)27(20-8-4-3-5-9-20)15-18-7-6-10-25-14-18/h3-14H,15H2,1-2H3,(H,26,28). The van der Waals surface area contributed by atoms with Gasteiger partial charge in [0.2, 0.25) is 0 Å². The number of pyridine rings is 2. The Hall–Kier alpha value is -3.73. The van der Waals surface area contributed by atoms with Gasteiger partial charge in [-0.2, -0.15) is 0 Å². The Bertz CT molecular complexity index is 1230. The number of rotatable bonds is 4. The van der Waals surface area contributed by atoms with Crippen LogP contribution in [0.1, 0.15) is 27.0 Å². The summed E-state index contributed by atoms with van der Waals surface area (Å²) in [6, 6.07) is 18.8. The van der Waals surface area contributed by atoms with E-state index in [0.717, 1.165) is 33.3 Å². The number of carbonyl (C=O) groups excluding carboxylic acids is 1. The monoisotopic (exact) mass is 383 g/mol. The molecule has 5 nitrogen and oxygen atoms in total. The summed E-state index contributed by atoms with van der Waals surface area (Å²) < 4.78 is 0. The predicted octanol–water partition coefficient (Wildman–Crippen LogP) is 4.39. The smallest absolute Gasteiger partial charge is 0.264 e. The van der Waals surface area contributed by atoms with Gasteiger partial charge >= 0.3 is 0 Å². The van der Waals surface area contributed by atoms with E-state index in [1.54, 1.807) is 23.4 Å². The van der Waals surface area contributed by atoms with E-state index < -0.39 is 0 Å². The van der Waals surface area contributed by atoms with Gasteiger partial charge in [-0.15, -0.1) is 0 Å². The molecule has 5 heteroatoms. The largest absolute Gasteiger partial charge is 0.321 e. The van der Waals surface area contributed by atoms with E-state index in [9.17, 15) is 9.59 Å². The molecule has 0 radical (unpaired) electrons. The minimum atomic E-state index is -0.387. The molecule has 0 aliphatic rings. The number of hydrogen-bond acceptors (Lipinski definition) is 3. The van der Waals surface area contributed by atoms with Crippen LogP contribution < -0.4 is 10.5 Å². The van der Waals surface area contributed by atoms with E-state index in [4.69, 9.17) is 0 Å². The van der Waals surface area contributed by atoms with Crippen LogP contribution in [0.25, 0.3) is 10.9 Å². The van der Waals surface area contributed by atoms with Crippen LogP contribution in [0.4, 0.5) is 5.69 Å². The van der Waals surface area contributed by atoms with Crippen molar-refractivity contribution in [2.75, 3.05) is 4.90 Å². The number of carbonyl (C=O) groups is 1.